The fraction of sp³-hybridized carbons (Fsp3) is 0.375. The van der Waals surface area contributed by atoms with Gasteiger partial charge in [0, 0.05) is 12.6 Å². The van der Waals surface area contributed by atoms with Crippen molar-refractivity contribution in [1.82, 2.24) is 10.2 Å². The summed E-state index contributed by atoms with van der Waals surface area (Å²) in [6, 6.07) is 1.84. The number of rotatable bonds is 4. The van der Waals surface area contributed by atoms with Gasteiger partial charge in [-0.15, -0.1) is 0 Å². The molecule has 0 unspecified atom stereocenters. The van der Waals surface area contributed by atoms with Crippen LogP contribution in [0.3, 0.4) is 0 Å². The number of aromatic nitrogens is 2. The molecule has 4 heteroatoms. The van der Waals surface area contributed by atoms with Crippen molar-refractivity contribution in [3.05, 3.63) is 24.0 Å². The van der Waals surface area contributed by atoms with E-state index in [1.807, 2.05) is 6.07 Å². The highest BCUT2D eigenvalue weighted by atomic mass is 16.4. The Kier molecular flexibility index (Phi) is 3.19. The van der Waals surface area contributed by atoms with E-state index in [9.17, 15) is 4.79 Å². The number of carbonyl (C=O) groups is 1. The minimum Gasteiger partial charge on any atom is -0.481 e. The van der Waals surface area contributed by atoms with Crippen LogP contribution in [0.2, 0.25) is 0 Å². The van der Waals surface area contributed by atoms with Crippen LogP contribution in [0.25, 0.3) is 0 Å². The van der Waals surface area contributed by atoms with E-state index < -0.39 is 5.97 Å². The Morgan fingerprint density at radius 3 is 2.92 bits per heavy atom. The normalized spacial score (nSPS) is 9.67. The van der Waals surface area contributed by atoms with Gasteiger partial charge in [-0.1, -0.05) is 0 Å². The first kappa shape index (κ1) is 8.64. The average Bonchev–Trinajstić information content (AvgIpc) is 2.05. The largest absolute Gasteiger partial charge is 0.481 e. The fourth-order valence-corrected chi connectivity index (χ4v) is 0.910. The van der Waals surface area contributed by atoms with E-state index in [-0.39, 0.29) is 6.42 Å². The molecule has 0 spiro atoms. The molecule has 0 bridgehead atoms. The Morgan fingerprint density at radius 2 is 2.33 bits per heavy atom. The van der Waals surface area contributed by atoms with Crippen LogP contribution < -0.4 is 0 Å². The number of hydrogen-bond donors (Lipinski definition) is 1. The Labute approximate surface area is 70.3 Å². The number of carboxylic acid groups (broad SMARTS) is 1. The van der Waals surface area contributed by atoms with E-state index in [0.29, 0.717) is 6.42 Å². The van der Waals surface area contributed by atoms with Gasteiger partial charge in [0.1, 0.15) is 0 Å². The number of carboxylic acids is 1. The van der Waals surface area contributed by atoms with Crippen molar-refractivity contribution in [2.24, 2.45) is 0 Å². The first-order valence-corrected chi connectivity index (χ1v) is 3.76. The maximum Gasteiger partial charge on any atom is 0.303 e. The maximum atomic E-state index is 10.2. The molecule has 0 atom stereocenters. The molecule has 0 amide bonds. The van der Waals surface area contributed by atoms with Gasteiger partial charge in [0.05, 0.1) is 6.20 Å². The zero-order chi connectivity index (χ0) is 8.81. The second-order valence-corrected chi connectivity index (χ2v) is 2.50. The lowest BCUT2D eigenvalue weighted by Crippen LogP contribution is -1.96. The fourth-order valence-electron chi connectivity index (χ4n) is 0.910. The molecule has 0 saturated heterocycles. The highest BCUT2D eigenvalue weighted by molar-refractivity contribution is 5.66. The van der Waals surface area contributed by atoms with Gasteiger partial charge < -0.3 is 5.11 Å². The van der Waals surface area contributed by atoms with Gasteiger partial charge in [-0.3, -0.25) is 4.79 Å². The summed E-state index contributed by atoms with van der Waals surface area (Å²) in [5.41, 5.74) is 1.03. The van der Waals surface area contributed by atoms with Crippen molar-refractivity contribution >= 4 is 5.97 Å². The lowest BCUT2D eigenvalue weighted by atomic mass is 10.1. The summed E-state index contributed by atoms with van der Waals surface area (Å²) in [7, 11) is 0. The molecule has 1 aromatic heterocycles. The third-order valence-electron chi connectivity index (χ3n) is 1.50. The predicted octanol–water partition coefficient (Wildman–Crippen LogP) is 0.884. The molecule has 4 nitrogen and oxygen atoms in total. The van der Waals surface area contributed by atoms with Crippen LogP contribution >= 0.6 is 0 Å². The second kappa shape index (κ2) is 4.43. The van der Waals surface area contributed by atoms with E-state index in [0.717, 1.165) is 12.0 Å². The predicted molar refractivity (Wildman–Crippen MR) is 42.6 cm³/mol. The zero-order valence-electron chi connectivity index (χ0n) is 6.60. The number of hydrogen-bond acceptors (Lipinski definition) is 3. The summed E-state index contributed by atoms with van der Waals surface area (Å²) in [5, 5.41) is 15.7. The molecule has 0 saturated carbocycles. The minimum atomic E-state index is -0.753. The maximum absolute atomic E-state index is 10.2. The molecule has 0 fully saturated rings. The number of aliphatic carboxylic acids is 1. The Bertz CT molecular complexity index is 248. The van der Waals surface area contributed by atoms with E-state index in [2.05, 4.69) is 10.2 Å². The van der Waals surface area contributed by atoms with E-state index in [4.69, 9.17) is 5.11 Å². The van der Waals surface area contributed by atoms with Crippen LogP contribution in [0, 0.1) is 0 Å². The Balaban J connectivity index is 2.29. The molecule has 1 heterocycles. The van der Waals surface area contributed by atoms with Crippen molar-refractivity contribution in [1.29, 1.82) is 0 Å². The van der Waals surface area contributed by atoms with Gasteiger partial charge in [-0.25, -0.2) is 0 Å². The summed E-state index contributed by atoms with van der Waals surface area (Å²) >= 11 is 0. The summed E-state index contributed by atoms with van der Waals surface area (Å²) in [4.78, 5) is 10.2. The zero-order valence-corrected chi connectivity index (χ0v) is 6.60. The van der Waals surface area contributed by atoms with Gasteiger partial charge >= 0.3 is 5.97 Å². The molecule has 0 radical (unpaired) electrons. The summed E-state index contributed by atoms with van der Waals surface area (Å²) in [6.07, 6.45) is 4.88. The quantitative estimate of drug-likeness (QED) is 0.721. The molecular weight excluding hydrogens is 156 g/mol. The summed E-state index contributed by atoms with van der Waals surface area (Å²) < 4.78 is 0. The highest BCUT2D eigenvalue weighted by Gasteiger charge is 1.97. The Hall–Kier alpha value is -1.45. The monoisotopic (exact) mass is 166 g/mol. The van der Waals surface area contributed by atoms with Crippen LogP contribution in [-0.2, 0) is 11.2 Å². The summed E-state index contributed by atoms with van der Waals surface area (Å²) in [5.74, 6) is -0.753. The minimum absolute atomic E-state index is 0.211. The number of nitrogens with zero attached hydrogens (tertiary/aromatic N) is 2. The molecule has 1 rings (SSSR count). The van der Waals surface area contributed by atoms with E-state index in [1.54, 1.807) is 12.4 Å². The standard InChI is InChI=1S/C8H10N2O2/c11-8(12)3-1-2-7-4-5-9-10-6-7/h4-6H,1-3H2,(H,11,12). The molecule has 12 heavy (non-hydrogen) atoms. The molecule has 0 aromatic carbocycles. The average molecular weight is 166 g/mol. The summed E-state index contributed by atoms with van der Waals surface area (Å²) in [6.45, 7) is 0. The molecule has 1 N–H and O–H groups in total. The van der Waals surface area contributed by atoms with Crippen LogP contribution in [0.4, 0.5) is 0 Å². The van der Waals surface area contributed by atoms with Crippen molar-refractivity contribution in [2.45, 2.75) is 19.3 Å². The SMILES string of the molecule is O=C(O)CCCc1ccnnc1. The van der Waals surface area contributed by atoms with E-state index in [1.165, 1.54) is 0 Å². The third-order valence-corrected chi connectivity index (χ3v) is 1.50. The van der Waals surface area contributed by atoms with Crippen LogP contribution in [0.5, 0.6) is 0 Å². The van der Waals surface area contributed by atoms with Crippen LogP contribution in [0.1, 0.15) is 18.4 Å². The van der Waals surface area contributed by atoms with Gasteiger partial charge in [0.25, 0.3) is 0 Å². The molecule has 1 aromatic rings. The van der Waals surface area contributed by atoms with Gasteiger partial charge in [-0.2, -0.15) is 10.2 Å². The third kappa shape index (κ3) is 3.09. The highest BCUT2D eigenvalue weighted by Crippen LogP contribution is 2.01. The van der Waals surface area contributed by atoms with Crippen LogP contribution in [-0.4, -0.2) is 21.3 Å². The molecular formula is C8H10N2O2. The van der Waals surface area contributed by atoms with Crippen molar-refractivity contribution in [3.63, 3.8) is 0 Å². The Morgan fingerprint density at radius 1 is 1.50 bits per heavy atom. The molecule has 0 aliphatic heterocycles. The van der Waals surface area contributed by atoms with E-state index >= 15 is 0 Å². The van der Waals surface area contributed by atoms with Crippen molar-refractivity contribution in [2.75, 3.05) is 0 Å². The lowest BCUT2D eigenvalue weighted by molar-refractivity contribution is -0.137. The number of aryl methyl sites for hydroxylation is 1. The molecule has 64 valence electrons. The first-order valence-electron chi connectivity index (χ1n) is 3.76. The topological polar surface area (TPSA) is 63.1 Å². The van der Waals surface area contributed by atoms with Crippen LogP contribution in [0.15, 0.2) is 18.5 Å². The first-order chi connectivity index (χ1) is 5.79. The lowest BCUT2D eigenvalue weighted by Gasteiger charge is -1.96. The second-order valence-electron chi connectivity index (χ2n) is 2.50. The molecule has 0 aliphatic carbocycles. The molecule has 0 aliphatic rings. The van der Waals surface area contributed by atoms with Crippen molar-refractivity contribution < 1.29 is 9.90 Å². The van der Waals surface area contributed by atoms with Crippen molar-refractivity contribution in [3.8, 4) is 0 Å². The smallest absolute Gasteiger partial charge is 0.303 e. The van der Waals surface area contributed by atoms with Gasteiger partial charge in [-0.05, 0) is 24.5 Å². The van der Waals surface area contributed by atoms with Gasteiger partial charge in [0.15, 0.2) is 0 Å². The van der Waals surface area contributed by atoms with Gasteiger partial charge in [0.2, 0.25) is 0 Å².